The van der Waals surface area contributed by atoms with Crippen LogP contribution in [0.5, 0.6) is 0 Å². The molecule has 0 saturated carbocycles. The van der Waals surface area contributed by atoms with Crippen LogP contribution in [0.4, 0.5) is 0 Å². The van der Waals surface area contributed by atoms with Gasteiger partial charge >= 0.3 is 0 Å². The van der Waals surface area contributed by atoms with Gasteiger partial charge in [0.1, 0.15) is 0 Å². The second-order valence-corrected chi connectivity index (χ2v) is 5.99. The lowest BCUT2D eigenvalue weighted by Gasteiger charge is -2.21. The topological polar surface area (TPSA) is 3.24 Å². The molecule has 0 radical (unpaired) electrons. The molecule has 0 amide bonds. The fraction of sp³-hybridized carbons (Fsp3) is 0.286. The molecule has 0 fully saturated rings. The van der Waals surface area contributed by atoms with Crippen molar-refractivity contribution in [1.82, 2.24) is 4.90 Å². The highest BCUT2D eigenvalue weighted by atomic mass is 79.9. The maximum absolute atomic E-state index is 6.21. The molecule has 1 nitrogen and oxygen atoms in total. The van der Waals surface area contributed by atoms with Crippen LogP contribution in [-0.2, 0) is 0 Å². The quantitative estimate of drug-likeness (QED) is 0.714. The van der Waals surface area contributed by atoms with E-state index in [9.17, 15) is 0 Å². The molecule has 0 N–H and O–H groups in total. The Morgan fingerprint density at radius 3 is 2.83 bits per heavy atom. The predicted molar refractivity (Wildman–Crippen MR) is 87.2 cm³/mol. The van der Waals surface area contributed by atoms with Crippen LogP contribution in [0.1, 0.15) is 11.3 Å². The Morgan fingerprint density at radius 1 is 1.33 bits per heavy atom. The molecule has 0 spiro atoms. The first-order valence-electron chi connectivity index (χ1n) is 5.80. The first-order chi connectivity index (χ1) is 8.24. The number of hydrogen-bond donors (Lipinski definition) is 0. The minimum absolute atomic E-state index is 0. The molecule has 1 aliphatic rings. The third-order valence-corrected chi connectivity index (χ3v) is 4.74. The van der Waals surface area contributed by atoms with Crippen LogP contribution in [0.3, 0.4) is 0 Å². The van der Waals surface area contributed by atoms with Gasteiger partial charge in [0.15, 0.2) is 0 Å². The van der Waals surface area contributed by atoms with Crippen LogP contribution < -0.4 is 0 Å². The zero-order valence-electron chi connectivity index (χ0n) is 10.1. The number of thiophene rings is 1. The van der Waals surface area contributed by atoms with Crippen molar-refractivity contribution >= 4 is 55.6 Å². The number of nitrogens with zero attached hydrogens (tertiary/aromatic N) is 1. The van der Waals surface area contributed by atoms with E-state index in [4.69, 9.17) is 11.6 Å². The summed E-state index contributed by atoms with van der Waals surface area (Å²) in [6.07, 6.45) is 3.48. The summed E-state index contributed by atoms with van der Waals surface area (Å²) in [6, 6.07) is 8.36. The fourth-order valence-electron chi connectivity index (χ4n) is 2.18. The van der Waals surface area contributed by atoms with E-state index >= 15 is 0 Å². The number of halogens is 2. The maximum atomic E-state index is 6.21. The van der Waals surface area contributed by atoms with E-state index < -0.39 is 0 Å². The monoisotopic (exact) mass is 343 g/mol. The van der Waals surface area contributed by atoms with E-state index in [-0.39, 0.29) is 17.0 Å². The Bertz CT molecular complexity index is 590. The SMILES string of the molecule is Br.CN1CC=C(c2cc3c(Cl)cccc3s2)CC1. The summed E-state index contributed by atoms with van der Waals surface area (Å²) in [4.78, 5) is 3.71. The Morgan fingerprint density at radius 2 is 2.17 bits per heavy atom. The molecule has 1 aromatic heterocycles. The van der Waals surface area contributed by atoms with E-state index in [0.717, 1.165) is 24.5 Å². The molecule has 1 aromatic carbocycles. The third kappa shape index (κ3) is 2.64. The van der Waals surface area contributed by atoms with Crippen molar-refractivity contribution in [3.8, 4) is 0 Å². The van der Waals surface area contributed by atoms with Gasteiger partial charge < -0.3 is 4.90 Å². The number of fused-ring (bicyclic) bond motifs is 1. The van der Waals surface area contributed by atoms with Crippen molar-refractivity contribution in [1.29, 1.82) is 0 Å². The van der Waals surface area contributed by atoms with Gasteiger partial charge in [0, 0.05) is 33.1 Å². The van der Waals surface area contributed by atoms with Crippen LogP contribution >= 0.6 is 39.9 Å². The number of likely N-dealkylation sites (N-methyl/N-ethyl adjacent to an activating group) is 1. The smallest absolute Gasteiger partial charge is 0.0493 e. The van der Waals surface area contributed by atoms with Gasteiger partial charge in [-0.2, -0.15) is 0 Å². The van der Waals surface area contributed by atoms with E-state index in [1.807, 2.05) is 23.5 Å². The van der Waals surface area contributed by atoms with Crippen molar-refractivity contribution in [3.63, 3.8) is 0 Å². The summed E-state index contributed by atoms with van der Waals surface area (Å²) in [6.45, 7) is 2.20. The van der Waals surface area contributed by atoms with Crippen LogP contribution in [0.2, 0.25) is 5.02 Å². The first kappa shape index (κ1) is 14.1. The highest BCUT2D eigenvalue weighted by molar-refractivity contribution is 8.93. The average molecular weight is 345 g/mol. The van der Waals surface area contributed by atoms with Crippen molar-refractivity contribution in [2.75, 3.05) is 20.1 Å². The normalized spacial score (nSPS) is 16.4. The molecule has 18 heavy (non-hydrogen) atoms. The van der Waals surface area contributed by atoms with Crippen LogP contribution in [0.15, 0.2) is 30.3 Å². The second-order valence-electron chi connectivity index (χ2n) is 4.50. The van der Waals surface area contributed by atoms with Crippen molar-refractivity contribution in [2.24, 2.45) is 0 Å². The van der Waals surface area contributed by atoms with Gasteiger partial charge in [0.25, 0.3) is 0 Å². The van der Waals surface area contributed by atoms with Gasteiger partial charge in [-0.15, -0.1) is 28.3 Å². The maximum Gasteiger partial charge on any atom is 0.0493 e. The Labute approximate surface area is 127 Å². The molecule has 0 saturated heterocycles. The van der Waals surface area contributed by atoms with Crippen molar-refractivity contribution in [3.05, 3.63) is 40.2 Å². The first-order valence-corrected chi connectivity index (χ1v) is 6.99. The van der Waals surface area contributed by atoms with E-state index in [1.54, 1.807) is 0 Å². The summed E-state index contributed by atoms with van der Waals surface area (Å²) in [7, 11) is 2.16. The van der Waals surface area contributed by atoms with Crippen LogP contribution in [0, 0.1) is 0 Å². The van der Waals surface area contributed by atoms with Gasteiger partial charge in [-0.25, -0.2) is 0 Å². The molecule has 0 atom stereocenters. The average Bonchev–Trinajstić information content (AvgIpc) is 2.75. The summed E-state index contributed by atoms with van der Waals surface area (Å²) in [5.74, 6) is 0. The van der Waals surface area contributed by atoms with Crippen LogP contribution in [0.25, 0.3) is 15.7 Å². The molecular formula is C14H15BrClNS. The molecule has 2 heterocycles. The molecule has 0 unspecified atom stereocenters. The molecule has 1 aliphatic heterocycles. The summed E-state index contributed by atoms with van der Waals surface area (Å²) < 4.78 is 1.28. The number of hydrogen-bond acceptors (Lipinski definition) is 2. The van der Waals surface area contributed by atoms with Gasteiger partial charge in [-0.3, -0.25) is 0 Å². The number of benzene rings is 1. The molecule has 2 aromatic rings. The van der Waals surface area contributed by atoms with Gasteiger partial charge in [0.05, 0.1) is 0 Å². The van der Waals surface area contributed by atoms with Gasteiger partial charge in [0.2, 0.25) is 0 Å². The molecule has 0 aliphatic carbocycles. The molecule has 0 bridgehead atoms. The number of rotatable bonds is 1. The Hall–Kier alpha value is -0.350. The van der Waals surface area contributed by atoms with Gasteiger partial charge in [-0.05, 0) is 37.2 Å². The molecule has 3 rings (SSSR count). The highest BCUT2D eigenvalue weighted by Gasteiger charge is 2.12. The Kier molecular flexibility index (Phi) is 4.49. The zero-order chi connectivity index (χ0) is 11.8. The molecule has 96 valence electrons. The minimum atomic E-state index is 0. The second kappa shape index (κ2) is 5.74. The van der Waals surface area contributed by atoms with Crippen molar-refractivity contribution in [2.45, 2.75) is 6.42 Å². The Balaban J connectivity index is 0.00000120. The van der Waals surface area contributed by atoms with Gasteiger partial charge in [-0.1, -0.05) is 23.7 Å². The van der Waals surface area contributed by atoms with Crippen LogP contribution in [-0.4, -0.2) is 25.0 Å². The fourth-order valence-corrected chi connectivity index (χ4v) is 3.62. The molecular weight excluding hydrogens is 330 g/mol. The summed E-state index contributed by atoms with van der Waals surface area (Å²) in [5, 5.41) is 2.05. The highest BCUT2D eigenvalue weighted by Crippen LogP contribution is 2.36. The largest absolute Gasteiger partial charge is 0.302 e. The van der Waals surface area contributed by atoms with E-state index in [1.165, 1.54) is 20.5 Å². The molecule has 4 heteroatoms. The van der Waals surface area contributed by atoms with Crippen molar-refractivity contribution < 1.29 is 0 Å². The predicted octanol–water partition coefficient (Wildman–Crippen LogP) is 4.85. The van der Waals surface area contributed by atoms with E-state index in [0.29, 0.717) is 0 Å². The zero-order valence-corrected chi connectivity index (χ0v) is 13.4. The lowest BCUT2D eigenvalue weighted by Crippen LogP contribution is -2.23. The lowest BCUT2D eigenvalue weighted by molar-refractivity contribution is 0.370. The lowest BCUT2D eigenvalue weighted by atomic mass is 10.1. The standard InChI is InChI=1S/C14H14ClNS.BrH/c1-16-7-5-10(6-8-16)14-9-11-12(15)3-2-4-13(11)17-14;/h2-5,9H,6-8H2,1H3;1H. The summed E-state index contributed by atoms with van der Waals surface area (Å²) >= 11 is 8.06. The van der Waals surface area contributed by atoms with E-state index in [2.05, 4.69) is 30.2 Å². The third-order valence-electron chi connectivity index (χ3n) is 3.24. The minimum Gasteiger partial charge on any atom is -0.302 e. The summed E-state index contributed by atoms with van der Waals surface area (Å²) in [5.41, 5.74) is 1.47.